The molecule has 0 bridgehead atoms. The Labute approximate surface area is 91.2 Å². The molecule has 1 saturated heterocycles. The number of methoxy groups -OCH3 is 1. The maximum Gasteiger partial charge on any atom is 0.254 e. The molecular weight excluding hydrogens is 194 g/mol. The third-order valence-electron chi connectivity index (χ3n) is 3.43. The first-order chi connectivity index (χ1) is 7.09. The van der Waals surface area contributed by atoms with Crippen LogP contribution in [0.15, 0.2) is 0 Å². The summed E-state index contributed by atoms with van der Waals surface area (Å²) in [5.41, 5.74) is -0.738. The first-order valence-electron chi connectivity index (χ1n) is 5.56. The molecule has 88 valence electrons. The lowest BCUT2D eigenvalue weighted by Crippen LogP contribution is -2.50. The van der Waals surface area contributed by atoms with Crippen LogP contribution in [-0.4, -0.2) is 47.8 Å². The molecule has 1 rings (SSSR count). The molecule has 0 radical (unpaired) electrons. The van der Waals surface area contributed by atoms with Crippen LogP contribution < -0.4 is 0 Å². The highest BCUT2D eigenvalue weighted by Gasteiger charge is 2.39. The average molecular weight is 215 g/mol. The molecule has 4 nitrogen and oxygen atoms in total. The van der Waals surface area contributed by atoms with E-state index in [1.54, 1.807) is 12.0 Å². The third kappa shape index (κ3) is 2.32. The summed E-state index contributed by atoms with van der Waals surface area (Å²) in [6.07, 6.45) is 2.52. The van der Waals surface area contributed by atoms with Gasteiger partial charge in [-0.3, -0.25) is 4.79 Å². The van der Waals surface area contributed by atoms with Gasteiger partial charge in [-0.15, -0.1) is 0 Å². The molecule has 15 heavy (non-hydrogen) atoms. The molecule has 0 aromatic heterocycles. The lowest BCUT2D eigenvalue weighted by molar-refractivity contribution is -0.155. The van der Waals surface area contributed by atoms with Gasteiger partial charge in [-0.1, -0.05) is 6.92 Å². The summed E-state index contributed by atoms with van der Waals surface area (Å²) in [4.78, 5) is 13.9. The number of ether oxygens (including phenoxy) is 1. The molecule has 2 atom stereocenters. The van der Waals surface area contributed by atoms with E-state index in [4.69, 9.17) is 9.84 Å². The number of likely N-dealkylation sites (tertiary alicyclic amines) is 1. The second-order valence-electron chi connectivity index (χ2n) is 4.27. The van der Waals surface area contributed by atoms with Crippen LogP contribution in [0.1, 0.15) is 33.1 Å². The van der Waals surface area contributed by atoms with Gasteiger partial charge >= 0.3 is 0 Å². The summed E-state index contributed by atoms with van der Waals surface area (Å²) in [7, 11) is 1.56. The van der Waals surface area contributed by atoms with Crippen molar-refractivity contribution < 1.29 is 14.6 Å². The fourth-order valence-electron chi connectivity index (χ4n) is 1.98. The van der Waals surface area contributed by atoms with Gasteiger partial charge in [0.25, 0.3) is 5.91 Å². The summed E-state index contributed by atoms with van der Waals surface area (Å²) in [6.45, 7) is 4.53. The van der Waals surface area contributed by atoms with Crippen molar-refractivity contribution >= 4 is 5.91 Å². The number of carbonyl (C=O) groups excluding carboxylic acids is 1. The number of aliphatic hydroxyl groups excluding tert-OH is 1. The maximum absolute atomic E-state index is 12.2. The van der Waals surface area contributed by atoms with Crippen LogP contribution in [0.2, 0.25) is 0 Å². The maximum atomic E-state index is 12.2. The van der Waals surface area contributed by atoms with Crippen LogP contribution in [0, 0.1) is 0 Å². The minimum absolute atomic E-state index is 0.00375. The van der Waals surface area contributed by atoms with Crippen molar-refractivity contribution in [1.82, 2.24) is 4.90 Å². The SMILES string of the molecule is CCC(C)(OC)C(=O)N1CCC[C@H]1CO. The molecule has 1 aliphatic rings. The minimum atomic E-state index is -0.738. The van der Waals surface area contributed by atoms with E-state index < -0.39 is 5.60 Å². The average Bonchev–Trinajstić information content (AvgIpc) is 2.74. The standard InChI is InChI=1S/C11H21NO3/c1-4-11(2,15-3)10(14)12-7-5-6-9(12)8-13/h9,13H,4-8H2,1-3H3/t9-,11?/m0/s1. The van der Waals surface area contributed by atoms with E-state index in [2.05, 4.69) is 0 Å². The lowest BCUT2D eigenvalue weighted by atomic mass is 10.0. The topological polar surface area (TPSA) is 49.8 Å². The molecule has 1 N–H and O–H groups in total. The second kappa shape index (κ2) is 4.94. The van der Waals surface area contributed by atoms with Crippen LogP contribution in [0.25, 0.3) is 0 Å². The lowest BCUT2D eigenvalue weighted by Gasteiger charge is -2.33. The Morgan fingerprint density at radius 3 is 2.80 bits per heavy atom. The van der Waals surface area contributed by atoms with Crippen LogP contribution in [0.3, 0.4) is 0 Å². The molecule has 0 saturated carbocycles. The van der Waals surface area contributed by atoms with Gasteiger partial charge in [0, 0.05) is 13.7 Å². The van der Waals surface area contributed by atoms with Crippen molar-refractivity contribution in [2.75, 3.05) is 20.3 Å². The van der Waals surface area contributed by atoms with Gasteiger partial charge in [0.15, 0.2) is 0 Å². The summed E-state index contributed by atoms with van der Waals surface area (Å²) in [5, 5.41) is 9.16. The monoisotopic (exact) mass is 215 g/mol. The number of carbonyl (C=O) groups is 1. The molecule has 0 aromatic rings. The van der Waals surface area contributed by atoms with Crippen molar-refractivity contribution in [3.8, 4) is 0 Å². The van der Waals surface area contributed by atoms with Crippen LogP contribution in [-0.2, 0) is 9.53 Å². The molecular formula is C11H21NO3. The number of hydrogen-bond donors (Lipinski definition) is 1. The second-order valence-corrected chi connectivity index (χ2v) is 4.27. The van der Waals surface area contributed by atoms with Gasteiger partial charge in [-0.25, -0.2) is 0 Å². The zero-order chi connectivity index (χ0) is 11.5. The number of aliphatic hydroxyl groups is 1. The highest BCUT2D eigenvalue weighted by molar-refractivity contribution is 5.85. The Balaban J connectivity index is 2.74. The highest BCUT2D eigenvalue weighted by Crippen LogP contribution is 2.24. The van der Waals surface area contributed by atoms with E-state index in [-0.39, 0.29) is 18.6 Å². The summed E-state index contributed by atoms with van der Waals surface area (Å²) >= 11 is 0. The summed E-state index contributed by atoms with van der Waals surface area (Å²) in [6, 6.07) is -0.0153. The molecule has 1 heterocycles. The Hall–Kier alpha value is -0.610. The quantitative estimate of drug-likeness (QED) is 0.754. The van der Waals surface area contributed by atoms with E-state index in [0.717, 1.165) is 19.4 Å². The van der Waals surface area contributed by atoms with Crippen LogP contribution in [0.4, 0.5) is 0 Å². The van der Waals surface area contributed by atoms with Crippen molar-refractivity contribution in [3.05, 3.63) is 0 Å². The van der Waals surface area contributed by atoms with E-state index in [9.17, 15) is 4.79 Å². The number of amides is 1. The molecule has 0 aliphatic carbocycles. The molecule has 1 amide bonds. The van der Waals surface area contributed by atoms with Crippen LogP contribution >= 0.6 is 0 Å². The van der Waals surface area contributed by atoms with Crippen LogP contribution in [0.5, 0.6) is 0 Å². The molecule has 1 unspecified atom stereocenters. The molecule has 4 heteroatoms. The third-order valence-corrected chi connectivity index (χ3v) is 3.43. The van der Waals surface area contributed by atoms with Gasteiger partial charge in [-0.2, -0.15) is 0 Å². The summed E-state index contributed by atoms with van der Waals surface area (Å²) < 4.78 is 5.28. The van der Waals surface area contributed by atoms with E-state index in [1.165, 1.54) is 0 Å². The zero-order valence-corrected chi connectivity index (χ0v) is 9.82. The van der Waals surface area contributed by atoms with Crippen molar-refractivity contribution in [1.29, 1.82) is 0 Å². The Morgan fingerprint density at radius 2 is 2.33 bits per heavy atom. The van der Waals surface area contributed by atoms with Crippen molar-refractivity contribution in [2.24, 2.45) is 0 Å². The number of rotatable bonds is 4. The fraction of sp³-hybridized carbons (Fsp3) is 0.909. The van der Waals surface area contributed by atoms with E-state index >= 15 is 0 Å². The first kappa shape index (κ1) is 12.5. The minimum Gasteiger partial charge on any atom is -0.394 e. The Morgan fingerprint density at radius 1 is 1.67 bits per heavy atom. The van der Waals surface area contributed by atoms with Crippen molar-refractivity contribution in [3.63, 3.8) is 0 Å². The smallest absolute Gasteiger partial charge is 0.254 e. The summed E-state index contributed by atoms with van der Waals surface area (Å²) in [5.74, 6) is 0.00375. The zero-order valence-electron chi connectivity index (χ0n) is 9.82. The number of hydrogen-bond acceptors (Lipinski definition) is 3. The molecule has 0 spiro atoms. The van der Waals surface area contributed by atoms with Gasteiger partial charge in [-0.05, 0) is 26.2 Å². The molecule has 1 aliphatic heterocycles. The van der Waals surface area contributed by atoms with Gasteiger partial charge in [0.1, 0.15) is 5.60 Å². The van der Waals surface area contributed by atoms with Gasteiger partial charge in [0.05, 0.1) is 12.6 Å². The van der Waals surface area contributed by atoms with Gasteiger partial charge < -0.3 is 14.7 Å². The number of nitrogens with zero attached hydrogens (tertiary/aromatic N) is 1. The van der Waals surface area contributed by atoms with Gasteiger partial charge in [0.2, 0.25) is 0 Å². The van der Waals surface area contributed by atoms with E-state index in [0.29, 0.717) is 6.42 Å². The molecule has 1 fully saturated rings. The Kier molecular flexibility index (Phi) is 4.11. The predicted molar refractivity (Wildman–Crippen MR) is 57.5 cm³/mol. The van der Waals surface area contributed by atoms with E-state index in [1.807, 2.05) is 13.8 Å². The fourth-order valence-corrected chi connectivity index (χ4v) is 1.98. The molecule has 0 aromatic carbocycles. The van der Waals surface area contributed by atoms with Crippen molar-refractivity contribution in [2.45, 2.75) is 44.8 Å². The first-order valence-corrected chi connectivity index (χ1v) is 5.56. The predicted octanol–water partition coefficient (Wildman–Crippen LogP) is 0.785. The Bertz CT molecular complexity index is 226. The largest absolute Gasteiger partial charge is 0.394 e. The highest BCUT2D eigenvalue weighted by atomic mass is 16.5. The normalized spacial score (nSPS) is 25.3.